The summed E-state index contributed by atoms with van der Waals surface area (Å²) in [4.78, 5) is 11.7. The maximum Gasteiger partial charge on any atom is 0.191 e. The normalized spacial score (nSPS) is 15.5. The molecule has 1 aliphatic heterocycles. The van der Waals surface area contributed by atoms with Gasteiger partial charge in [-0.15, -0.1) is 35.3 Å². The number of hydrogen-bond acceptors (Lipinski definition) is 4. The first-order valence-corrected chi connectivity index (χ1v) is 11.5. The van der Waals surface area contributed by atoms with E-state index in [0.717, 1.165) is 62.6 Å². The molecule has 2 aromatic rings. The molecule has 1 aliphatic rings. The van der Waals surface area contributed by atoms with Gasteiger partial charge in [-0.1, -0.05) is 0 Å². The number of thiazole rings is 1. The van der Waals surface area contributed by atoms with Crippen molar-refractivity contribution in [2.24, 2.45) is 10.9 Å². The van der Waals surface area contributed by atoms with Gasteiger partial charge in [-0.2, -0.15) is 0 Å². The lowest BCUT2D eigenvalue weighted by atomic mass is 9.97. The van der Waals surface area contributed by atoms with E-state index in [1.54, 1.807) is 11.3 Å². The quantitative estimate of drug-likeness (QED) is 0.285. The summed E-state index contributed by atoms with van der Waals surface area (Å²) in [5.74, 6) is 0.507. The Kier molecular flexibility index (Phi) is 11.1. The zero-order chi connectivity index (χ0) is 21.3. The predicted octanol–water partition coefficient (Wildman–Crippen LogP) is 4.36. The second-order valence-electron chi connectivity index (χ2n) is 7.71. The van der Waals surface area contributed by atoms with Gasteiger partial charge in [0.2, 0.25) is 0 Å². The first kappa shape index (κ1) is 25.9. The van der Waals surface area contributed by atoms with Gasteiger partial charge in [-0.05, 0) is 75.9 Å². The fraction of sp³-hybridized carbons (Fsp3) is 0.545. The third-order valence-electron chi connectivity index (χ3n) is 5.31. The Balaban J connectivity index is 0.00000341. The summed E-state index contributed by atoms with van der Waals surface area (Å²) in [7, 11) is 0. The molecule has 9 heteroatoms. The topological polar surface area (TPSA) is 52.6 Å². The van der Waals surface area contributed by atoms with Crippen molar-refractivity contribution in [3.05, 3.63) is 51.5 Å². The van der Waals surface area contributed by atoms with E-state index in [1.807, 2.05) is 13.8 Å². The number of likely N-dealkylation sites (tertiary alicyclic amines) is 1. The van der Waals surface area contributed by atoms with Crippen molar-refractivity contribution in [1.82, 2.24) is 20.5 Å². The number of nitrogens with zero attached hydrogens (tertiary/aromatic N) is 3. The minimum absolute atomic E-state index is 0. The number of nitrogens with one attached hydrogen (secondary N) is 2. The number of halogens is 3. The van der Waals surface area contributed by atoms with Crippen LogP contribution in [-0.2, 0) is 13.0 Å². The number of hydrogen-bond donors (Lipinski definition) is 2. The van der Waals surface area contributed by atoms with Crippen LogP contribution in [0.25, 0.3) is 0 Å². The van der Waals surface area contributed by atoms with Crippen LogP contribution in [0.15, 0.2) is 28.6 Å². The molecule has 0 aliphatic carbocycles. The number of piperidine rings is 1. The molecule has 0 atom stereocenters. The van der Waals surface area contributed by atoms with E-state index in [9.17, 15) is 8.78 Å². The number of rotatable bonds is 8. The van der Waals surface area contributed by atoms with E-state index in [0.29, 0.717) is 24.4 Å². The van der Waals surface area contributed by atoms with Gasteiger partial charge in [0.15, 0.2) is 5.96 Å². The fourth-order valence-electron chi connectivity index (χ4n) is 3.65. The zero-order valence-electron chi connectivity index (χ0n) is 18.2. The van der Waals surface area contributed by atoms with Crippen molar-refractivity contribution in [3.63, 3.8) is 0 Å². The molecule has 0 amide bonds. The molecule has 1 fully saturated rings. The molecule has 0 spiro atoms. The van der Waals surface area contributed by atoms with Crippen LogP contribution in [0.3, 0.4) is 0 Å². The van der Waals surface area contributed by atoms with Gasteiger partial charge in [0.25, 0.3) is 0 Å². The summed E-state index contributed by atoms with van der Waals surface area (Å²) in [6.07, 6.45) is 2.66. The SMILES string of the molecule is CCNC(=NCC1CCN(Cc2csc(C)n2)CC1)NCCc1cc(F)ccc1F.I. The van der Waals surface area contributed by atoms with Gasteiger partial charge in [-0.3, -0.25) is 9.89 Å². The number of aliphatic imine (C=N–C) groups is 1. The van der Waals surface area contributed by atoms with Crippen LogP contribution in [0, 0.1) is 24.5 Å². The zero-order valence-corrected chi connectivity index (χ0v) is 21.3. The molecule has 0 unspecified atom stereocenters. The lowest BCUT2D eigenvalue weighted by Gasteiger charge is -2.30. The average molecular weight is 564 g/mol. The third kappa shape index (κ3) is 8.61. The highest BCUT2D eigenvalue weighted by molar-refractivity contribution is 14.0. The molecule has 1 aromatic carbocycles. The molecule has 0 radical (unpaired) electrons. The smallest absolute Gasteiger partial charge is 0.191 e. The van der Waals surface area contributed by atoms with Crippen molar-refractivity contribution in [1.29, 1.82) is 0 Å². The minimum Gasteiger partial charge on any atom is -0.357 e. The summed E-state index contributed by atoms with van der Waals surface area (Å²) in [5.41, 5.74) is 1.54. The Labute approximate surface area is 204 Å². The van der Waals surface area contributed by atoms with E-state index in [4.69, 9.17) is 4.99 Å². The first-order valence-electron chi connectivity index (χ1n) is 10.6. The summed E-state index contributed by atoms with van der Waals surface area (Å²) < 4.78 is 27.1. The minimum atomic E-state index is -0.414. The van der Waals surface area contributed by atoms with Crippen LogP contribution in [0.4, 0.5) is 8.78 Å². The van der Waals surface area contributed by atoms with Gasteiger partial charge in [-0.25, -0.2) is 13.8 Å². The van der Waals surface area contributed by atoms with Crippen LogP contribution in [0.2, 0.25) is 0 Å². The average Bonchev–Trinajstić information content (AvgIpc) is 3.14. The number of aryl methyl sites for hydroxylation is 1. The number of guanidine groups is 1. The van der Waals surface area contributed by atoms with E-state index >= 15 is 0 Å². The molecule has 2 heterocycles. The highest BCUT2D eigenvalue weighted by Gasteiger charge is 2.19. The van der Waals surface area contributed by atoms with Gasteiger partial charge in [0.1, 0.15) is 11.6 Å². The molecule has 31 heavy (non-hydrogen) atoms. The third-order valence-corrected chi connectivity index (χ3v) is 6.13. The fourth-order valence-corrected chi connectivity index (χ4v) is 4.25. The molecular formula is C22H32F2IN5S. The molecule has 1 aromatic heterocycles. The molecule has 5 nitrogen and oxygen atoms in total. The van der Waals surface area contributed by atoms with Crippen LogP contribution in [0.5, 0.6) is 0 Å². The molecule has 0 bridgehead atoms. The lowest BCUT2D eigenvalue weighted by molar-refractivity contribution is 0.179. The predicted molar refractivity (Wildman–Crippen MR) is 134 cm³/mol. The Bertz CT molecular complexity index is 837. The highest BCUT2D eigenvalue weighted by atomic mass is 127. The van der Waals surface area contributed by atoms with E-state index < -0.39 is 5.82 Å². The standard InChI is InChI=1S/C22H31F2N5S.HI/c1-3-25-22(26-9-6-18-12-19(23)4-5-21(18)24)27-13-17-7-10-29(11-8-17)14-20-15-30-16(2)28-20;/h4-5,12,15,17H,3,6-11,13-14H2,1-2H3,(H2,25,26,27);1H. The van der Waals surface area contributed by atoms with Crippen LogP contribution in [0.1, 0.15) is 36.0 Å². The molecule has 1 saturated heterocycles. The summed E-state index contributed by atoms with van der Waals surface area (Å²) >= 11 is 1.71. The van der Waals surface area contributed by atoms with Gasteiger partial charge in [0.05, 0.1) is 10.7 Å². The van der Waals surface area contributed by atoms with Crippen LogP contribution in [-0.4, -0.2) is 48.6 Å². The van der Waals surface area contributed by atoms with Crippen molar-refractivity contribution < 1.29 is 8.78 Å². The molecular weight excluding hydrogens is 531 g/mol. The van der Waals surface area contributed by atoms with Crippen molar-refractivity contribution in [2.75, 3.05) is 32.7 Å². The summed E-state index contributed by atoms with van der Waals surface area (Å²) in [5, 5.41) is 9.73. The van der Waals surface area contributed by atoms with Crippen molar-refractivity contribution in [3.8, 4) is 0 Å². The van der Waals surface area contributed by atoms with Crippen LogP contribution >= 0.6 is 35.3 Å². The second kappa shape index (κ2) is 13.3. The molecule has 3 rings (SSSR count). The maximum atomic E-state index is 13.8. The first-order chi connectivity index (χ1) is 14.5. The van der Waals surface area contributed by atoms with Gasteiger partial charge in [0, 0.05) is 31.6 Å². The van der Waals surface area contributed by atoms with Crippen LogP contribution < -0.4 is 10.6 Å². The van der Waals surface area contributed by atoms with Gasteiger partial charge >= 0.3 is 0 Å². The Hall–Kier alpha value is -1.33. The van der Waals surface area contributed by atoms with Gasteiger partial charge < -0.3 is 10.6 Å². The summed E-state index contributed by atoms with van der Waals surface area (Å²) in [6, 6.07) is 3.56. The number of benzene rings is 1. The van der Waals surface area contributed by atoms with E-state index in [1.165, 1.54) is 17.8 Å². The second-order valence-corrected chi connectivity index (χ2v) is 8.77. The Morgan fingerprint density at radius 2 is 2.03 bits per heavy atom. The number of aromatic nitrogens is 1. The van der Waals surface area contributed by atoms with Crippen molar-refractivity contribution in [2.45, 2.75) is 39.7 Å². The Morgan fingerprint density at radius 3 is 2.71 bits per heavy atom. The lowest BCUT2D eigenvalue weighted by Crippen LogP contribution is -2.39. The Morgan fingerprint density at radius 1 is 1.26 bits per heavy atom. The molecule has 2 N–H and O–H groups in total. The van der Waals surface area contributed by atoms with Crippen molar-refractivity contribution >= 4 is 41.3 Å². The molecule has 0 saturated carbocycles. The maximum absolute atomic E-state index is 13.8. The van der Waals surface area contributed by atoms with E-state index in [2.05, 4.69) is 25.9 Å². The largest absolute Gasteiger partial charge is 0.357 e. The highest BCUT2D eigenvalue weighted by Crippen LogP contribution is 2.20. The molecule has 172 valence electrons. The monoisotopic (exact) mass is 563 g/mol. The van der Waals surface area contributed by atoms with E-state index in [-0.39, 0.29) is 29.8 Å². The summed E-state index contributed by atoms with van der Waals surface area (Å²) in [6.45, 7) is 9.15.